The molecule has 0 unspecified atom stereocenters. The smallest absolute Gasteiger partial charge is 0.0827 e. The number of halogens is 1. The second-order valence-corrected chi connectivity index (χ2v) is 3.83. The molecule has 0 atom stereocenters. The first-order chi connectivity index (χ1) is 6.84. The molecule has 0 spiro atoms. The largest absolute Gasteiger partial charge is 0.375 e. The van der Waals surface area contributed by atoms with Gasteiger partial charge in [-0.3, -0.25) is 0 Å². The highest BCUT2D eigenvalue weighted by Crippen LogP contribution is 2.14. The van der Waals surface area contributed by atoms with Crippen LogP contribution in [0.25, 0.3) is 0 Å². The Hall–Kier alpha value is -0.790. The Morgan fingerprint density at radius 3 is 2.57 bits per heavy atom. The van der Waals surface area contributed by atoms with Crippen molar-refractivity contribution >= 4 is 0 Å². The second-order valence-electron chi connectivity index (χ2n) is 3.83. The average molecular weight is 197 g/mol. The lowest BCUT2D eigenvalue weighted by Crippen LogP contribution is -2.27. The molecule has 1 fully saturated rings. The van der Waals surface area contributed by atoms with Gasteiger partial charge < -0.3 is 4.90 Å². The van der Waals surface area contributed by atoms with E-state index in [2.05, 4.69) is 17.9 Å². The number of hydrogen-bond donors (Lipinski definition) is 0. The molecule has 0 aliphatic carbocycles. The summed E-state index contributed by atoms with van der Waals surface area (Å²) in [5.41, 5.74) is 1.36. The fraction of sp³-hybridized carbons (Fsp3) is 0.667. The predicted molar refractivity (Wildman–Crippen MR) is 58.7 cm³/mol. The zero-order valence-corrected chi connectivity index (χ0v) is 9.01. The number of likely N-dealkylation sites (tertiary alicyclic amines) is 1. The van der Waals surface area contributed by atoms with Gasteiger partial charge in [-0.25, -0.2) is 4.39 Å². The zero-order valence-electron chi connectivity index (χ0n) is 9.01. The normalized spacial score (nSPS) is 19.3. The third-order valence-corrected chi connectivity index (χ3v) is 2.72. The van der Waals surface area contributed by atoms with Gasteiger partial charge in [0.25, 0.3) is 0 Å². The molecular weight excluding hydrogens is 177 g/mol. The number of rotatable bonds is 4. The molecular formula is C12H20FN. The minimum absolute atomic E-state index is 0.629. The standard InChI is InChI=1S/C12H20FN/c1-12(8-4-2-5-9-13)14-10-6-3-7-11-14/h5,8-9H,2-4,6-7,10-11H2,1H3/b9-5+,12-8+. The molecule has 0 saturated carbocycles. The lowest BCUT2D eigenvalue weighted by atomic mass is 10.1. The number of hydrogen-bond acceptors (Lipinski definition) is 1. The number of piperidine rings is 1. The first-order valence-electron chi connectivity index (χ1n) is 5.51. The van der Waals surface area contributed by atoms with E-state index < -0.39 is 0 Å². The maximum atomic E-state index is 11.7. The summed E-state index contributed by atoms with van der Waals surface area (Å²) < 4.78 is 11.7. The fourth-order valence-corrected chi connectivity index (χ4v) is 1.83. The number of nitrogens with zero attached hydrogens (tertiary/aromatic N) is 1. The van der Waals surface area contributed by atoms with Crippen molar-refractivity contribution in [3.05, 3.63) is 24.2 Å². The third-order valence-electron chi connectivity index (χ3n) is 2.72. The average Bonchev–Trinajstić information content (AvgIpc) is 2.25. The maximum Gasteiger partial charge on any atom is 0.0827 e. The molecule has 0 aromatic rings. The van der Waals surface area contributed by atoms with E-state index in [4.69, 9.17) is 0 Å². The van der Waals surface area contributed by atoms with E-state index >= 15 is 0 Å². The van der Waals surface area contributed by atoms with Crippen LogP contribution in [0.4, 0.5) is 4.39 Å². The van der Waals surface area contributed by atoms with E-state index in [0.29, 0.717) is 6.33 Å². The Kier molecular flexibility index (Phi) is 5.35. The Morgan fingerprint density at radius 2 is 1.93 bits per heavy atom. The van der Waals surface area contributed by atoms with E-state index in [0.717, 1.165) is 12.8 Å². The molecule has 2 heteroatoms. The van der Waals surface area contributed by atoms with Crippen LogP contribution in [0.5, 0.6) is 0 Å². The van der Waals surface area contributed by atoms with Crippen molar-refractivity contribution in [3.8, 4) is 0 Å². The minimum atomic E-state index is 0.629. The van der Waals surface area contributed by atoms with Gasteiger partial charge in [-0.1, -0.05) is 12.2 Å². The molecule has 1 rings (SSSR count). The first-order valence-corrected chi connectivity index (χ1v) is 5.51. The van der Waals surface area contributed by atoms with Crippen LogP contribution in [-0.2, 0) is 0 Å². The van der Waals surface area contributed by atoms with Crippen molar-refractivity contribution in [1.29, 1.82) is 0 Å². The summed E-state index contributed by atoms with van der Waals surface area (Å²) in [5.74, 6) is 0. The van der Waals surface area contributed by atoms with Crippen LogP contribution in [-0.4, -0.2) is 18.0 Å². The van der Waals surface area contributed by atoms with Gasteiger partial charge in [0.15, 0.2) is 0 Å². The lowest BCUT2D eigenvalue weighted by Gasteiger charge is -2.29. The van der Waals surface area contributed by atoms with Crippen molar-refractivity contribution in [1.82, 2.24) is 4.90 Å². The predicted octanol–water partition coefficient (Wildman–Crippen LogP) is 3.64. The molecule has 1 heterocycles. The van der Waals surface area contributed by atoms with Crippen LogP contribution in [0, 0.1) is 0 Å². The molecule has 1 aliphatic rings. The maximum absolute atomic E-state index is 11.7. The van der Waals surface area contributed by atoms with E-state index in [1.54, 1.807) is 6.08 Å². The summed E-state index contributed by atoms with van der Waals surface area (Å²) in [5, 5.41) is 0. The molecule has 0 aromatic heterocycles. The van der Waals surface area contributed by atoms with Crippen LogP contribution in [0.2, 0.25) is 0 Å². The molecule has 80 valence electrons. The van der Waals surface area contributed by atoms with Crippen LogP contribution in [0.3, 0.4) is 0 Å². The fourth-order valence-electron chi connectivity index (χ4n) is 1.83. The molecule has 1 nitrogen and oxygen atoms in total. The summed E-state index contributed by atoms with van der Waals surface area (Å²) in [6, 6.07) is 0. The first kappa shape index (κ1) is 11.3. The van der Waals surface area contributed by atoms with Gasteiger partial charge in [0, 0.05) is 18.8 Å². The van der Waals surface area contributed by atoms with Gasteiger partial charge in [0.2, 0.25) is 0 Å². The molecule has 0 amide bonds. The van der Waals surface area contributed by atoms with E-state index in [1.807, 2.05) is 0 Å². The monoisotopic (exact) mass is 197 g/mol. The highest BCUT2D eigenvalue weighted by Gasteiger charge is 2.08. The Labute approximate surface area is 86.3 Å². The Morgan fingerprint density at radius 1 is 1.21 bits per heavy atom. The van der Waals surface area contributed by atoms with Crippen LogP contribution in [0.1, 0.15) is 39.0 Å². The van der Waals surface area contributed by atoms with Gasteiger partial charge in [0.1, 0.15) is 0 Å². The Balaban J connectivity index is 2.26. The molecule has 1 aliphatic heterocycles. The summed E-state index contributed by atoms with van der Waals surface area (Å²) in [7, 11) is 0. The summed E-state index contributed by atoms with van der Waals surface area (Å²) in [4.78, 5) is 2.43. The van der Waals surface area contributed by atoms with Crippen molar-refractivity contribution < 1.29 is 4.39 Å². The highest BCUT2D eigenvalue weighted by atomic mass is 19.1. The summed E-state index contributed by atoms with van der Waals surface area (Å²) >= 11 is 0. The van der Waals surface area contributed by atoms with Crippen LogP contribution in [0.15, 0.2) is 24.2 Å². The van der Waals surface area contributed by atoms with Gasteiger partial charge in [-0.2, -0.15) is 0 Å². The number of allylic oxidation sites excluding steroid dienone is 3. The van der Waals surface area contributed by atoms with Crippen molar-refractivity contribution in [2.24, 2.45) is 0 Å². The quantitative estimate of drug-likeness (QED) is 0.622. The van der Waals surface area contributed by atoms with E-state index in [9.17, 15) is 4.39 Å². The van der Waals surface area contributed by atoms with Crippen LogP contribution < -0.4 is 0 Å². The third kappa shape index (κ3) is 3.95. The minimum Gasteiger partial charge on any atom is -0.375 e. The van der Waals surface area contributed by atoms with E-state index in [-0.39, 0.29) is 0 Å². The number of unbranched alkanes of at least 4 members (excludes halogenated alkanes) is 1. The van der Waals surface area contributed by atoms with Gasteiger partial charge in [-0.05, 0) is 39.0 Å². The topological polar surface area (TPSA) is 3.24 Å². The van der Waals surface area contributed by atoms with Gasteiger partial charge >= 0.3 is 0 Å². The lowest BCUT2D eigenvalue weighted by molar-refractivity contribution is 0.285. The second kappa shape index (κ2) is 6.63. The van der Waals surface area contributed by atoms with E-state index in [1.165, 1.54) is 38.0 Å². The summed E-state index contributed by atoms with van der Waals surface area (Å²) in [6.45, 7) is 4.55. The van der Waals surface area contributed by atoms with Gasteiger partial charge in [0.05, 0.1) is 6.33 Å². The molecule has 0 aromatic carbocycles. The zero-order chi connectivity index (χ0) is 10.2. The molecule has 0 radical (unpaired) electrons. The highest BCUT2D eigenvalue weighted by molar-refractivity contribution is 4.99. The molecule has 0 N–H and O–H groups in total. The van der Waals surface area contributed by atoms with Crippen molar-refractivity contribution in [2.75, 3.05) is 13.1 Å². The SMILES string of the molecule is C/C(=C\CC/C=C/F)N1CCCCC1. The molecule has 1 saturated heterocycles. The van der Waals surface area contributed by atoms with Gasteiger partial charge in [-0.15, -0.1) is 0 Å². The molecule has 0 bridgehead atoms. The molecule has 14 heavy (non-hydrogen) atoms. The van der Waals surface area contributed by atoms with Crippen molar-refractivity contribution in [2.45, 2.75) is 39.0 Å². The summed E-state index contributed by atoms with van der Waals surface area (Å²) in [6.07, 6.45) is 10.2. The Bertz CT molecular complexity index is 202. The van der Waals surface area contributed by atoms with Crippen molar-refractivity contribution in [3.63, 3.8) is 0 Å². The van der Waals surface area contributed by atoms with Crippen LogP contribution >= 0.6 is 0 Å².